The molecule has 0 aliphatic rings. The van der Waals surface area contributed by atoms with Crippen LogP contribution in [0.25, 0.3) is 11.0 Å². The van der Waals surface area contributed by atoms with E-state index in [4.69, 9.17) is 0 Å². The van der Waals surface area contributed by atoms with Gasteiger partial charge in [-0.25, -0.2) is 4.39 Å². The molecule has 0 aliphatic heterocycles. The first kappa shape index (κ1) is 13.0. The van der Waals surface area contributed by atoms with Gasteiger partial charge in [0.1, 0.15) is 5.82 Å². The van der Waals surface area contributed by atoms with Gasteiger partial charge in [-0.15, -0.1) is 0 Å². The number of nitrogens with zero attached hydrogens (tertiary/aromatic N) is 2. The minimum atomic E-state index is -0.255. The maximum Gasteiger partial charge on any atom is 0.137 e. The van der Waals surface area contributed by atoms with Gasteiger partial charge in [-0.1, -0.05) is 6.07 Å². The van der Waals surface area contributed by atoms with Crippen LogP contribution in [0.1, 0.15) is 5.56 Å². The largest absolute Gasteiger partial charge is 0.381 e. The van der Waals surface area contributed by atoms with Gasteiger partial charge in [0.25, 0.3) is 0 Å². The van der Waals surface area contributed by atoms with E-state index in [9.17, 15) is 4.39 Å². The molecule has 0 aliphatic carbocycles. The molecule has 3 rings (SSSR count). The number of rotatable bonds is 3. The van der Waals surface area contributed by atoms with Crippen molar-refractivity contribution >= 4 is 32.7 Å². The molecule has 3 aromatic rings. The predicted molar refractivity (Wildman–Crippen MR) is 81.0 cm³/mol. The van der Waals surface area contributed by atoms with Gasteiger partial charge in [-0.3, -0.25) is 9.97 Å². The smallest absolute Gasteiger partial charge is 0.137 e. The third-order valence-corrected chi connectivity index (χ3v) is 3.56. The van der Waals surface area contributed by atoms with Gasteiger partial charge in [0.15, 0.2) is 0 Å². The van der Waals surface area contributed by atoms with E-state index in [-0.39, 0.29) is 5.82 Å². The Hall–Kier alpha value is -2.01. The minimum Gasteiger partial charge on any atom is -0.381 e. The van der Waals surface area contributed by atoms with Crippen molar-refractivity contribution in [1.29, 1.82) is 0 Å². The zero-order valence-corrected chi connectivity index (χ0v) is 12.1. The quantitative estimate of drug-likeness (QED) is 0.783. The van der Waals surface area contributed by atoms with E-state index >= 15 is 0 Å². The Morgan fingerprint density at radius 1 is 1.00 bits per heavy atom. The molecule has 0 saturated carbocycles. The number of anilines is 1. The highest BCUT2D eigenvalue weighted by Gasteiger charge is 2.01. The van der Waals surface area contributed by atoms with Crippen molar-refractivity contribution in [2.45, 2.75) is 6.54 Å². The van der Waals surface area contributed by atoms with Crippen LogP contribution in [0.4, 0.5) is 10.1 Å². The van der Waals surface area contributed by atoms with Crippen LogP contribution in [-0.2, 0) is 6.54 Å². The first-order valence-electron chi connectivity index (χ1n) is 6.11. The van der Waals surface area contributed by atoms with Gasteiger partial charge < -0.3 is 5.32 Å². The fourth-order valence-corrected chi connectivity index (χ4v) is 2.35. The Labute approximate surface area is 124 Å². The van der Waals surface area contributed by atoms with E-state index in [0.29, 0.717) is 11.0 Å². The molecule has 1 heterocycles. The molecule has 3 nitrogen and oxygen atoms in total. The molecule has 0 radical (unpaired) electrons. The highest BCUT2D eigenvalue weighted by Crippen LogP contribution is 2.19. The lowest BCUT2D eigenvalue weighted by Gasteiger charge is -2.08. The second kappa shape index (κ2) is 5.54. The number of aromatic nitrogens is 2. The summed E-state index contributed by atoms with van der Waals surface area (Å²) >= 11 is 3.18. The van der Waals surface area contributed by atoms with Crippen molar-refractivity contribution in [2.75, 3.05) is 5.32 Å². The topological polar surface area (TPSA) is 37.8 Å². The summed E-state index contributed by atoms with van der Waals surface area (Å²) in [4.78, 5) is 8.49. The number of hydrogen-bond acceptors (Lipinski definition) is 3. The van der Waals surface area contributed by atoms with Gasteiger partial charge in [-0.05, 0) is 51.8 Å². The van der Waals surface area contributed by atoms with Gasteiger partial charge in [0.2, 0.25) is 0 Å². The number of halogens is 2. The number of benzene rings is 2. The van der Waals surface area contributed by atoms with Crippen LogP contribution in [0.5, 0.6) is 0 Å². The lowest BCUT2D eigenvalue weighted by molar-refractivity contribution is 0.620. The molecule has 20 heavy (non-hydrogen) atoms. The molecular weight excluding hydrogens is 321 g/mol. The maximum absolute atomic E-state index is 13.2. The van der Waals surface area contributed by atoms with E-state index in [1.54, 1.807) is 24.5 Å². The molecule has 1 aromatic heterocycles. The second-order valence-corrected chi connectivity index (χ2v) is 5.22. The second-order valence-electron chi connectivity index (χ2n) is 4.36. The van der Waals surface area contributed by atoms with E-state index in [2.05, 4.69) is 31.2 Å². The SMILES string of the molecule is Fc1ccc(CNc2ccc3nccnc3c2)cc1Br. The highest BCUT2D eigenvalue weighted by atomic mass is 79.9. The maximum atomic E-state index is 13.2. The highest BCUT2D eigenvalue weighted by molar-refractivity contribution is 9.10. The van der Waals surface area contributed by atoms with Crippen LogP contribution in [-0.4, -0.2) is 9.97 Å². The summed E-state index contributed by atoms with van der Waals surface area (Å²) in [5.41, 5.74) is 3.66. The van der Waals surface area contributed by atoms with Crippen LogP contribution in [0.2, 0.25) is 0 Å². The van der Waals surface area contributed by atoms with Crippen molar-refractivity contribution in [3.8, 4) is 0 Å². The van der Waals surface area contributed by atoms with Crippen LogP contribution in [0.3, 0.4) is 0 Å². The molecule has 0 saturated heterocycles. The Balaban J connectivity index is 1.77. The summed E-state index contributed by atoms with van der Waals surface area (Å²) < 4.78 is 13.6. The van der Waals surface area contributed by atoms with Crippen LogP contribution in [0.15, 0.2) is 53.3 Å². The third-order valence-electron chi connectivity index (χ3n) is 2.95. The lowest BCUT2D eigenvalue weighted by atomic mass is 10.2. The van der Waals surface area contributed by atoms with Gasteiger partial charge >= 0.3 is 0 Å². The molecule has 0 amide bonds. The molecule has 0 spiro atoms. The Bertz CT molecular complexity index is 761. The molecule has 100 valence electrons. The molecular formula is C15H11BrFN3. The van der Waals surface area contributed by atoms with Crippen molar-refractivity contribution < 1.29 is 4.39 Å². The summed E-state index contributed by atoms with van der Waals surface area (Å²) in [5.74, 6) is -0.255. The Kier molecular flexibility index (Phi) is 3.60. The number of nitrogens with one attached hydrogen (secondary N) is 1. The molecule has 0 bridgehead atoms. The molecule has 0 atom stereocenters. The molecule has 1 N–H and O–H groups in total. The summed E-state index contributed by atoms with van der Waals surface area (Å²) in [6.45, 7) is 0.616. The minimum absolute atomic E-state index is 0.255. The average molecular weight is 332 g/mol. The zero-order valence-electron chi connectivity index (χ0n) is 10.5. The summed E-state index contributed by atoms with van der Waals surface area (Å²) in [6.07, 6.45) is 3.34. The molecule has 0 unspecified atom stereocenters. The summed E-state index contributed by atoms with van der Waals surface area (Å²) in [7, 11) is 0. The van der Waals surface area contributed by atoms with E-state index in [0.717, 1.165) is 22.3 Å². The predicted octanol–water partition coefficient (Wildman–Crippen LogP) is 4.14. The standard InChI is InChI=1S/C15H11BrFN3/c16-12-7-10(1-3-13(12)17)9-20-11-2-4-14-15(8-11)19-6-5-18-14/h1-8,20H,9H2. The molecule has 2 aromatic carbocycles. The Morgan fingerprint density at radius 3 is 2.60 bits per heavy atom. The van der Waals surface area contributed by atoms with Gasteiger partial charge in [0, 0.05) is 24.6 Å². The van der Waals surface area contributed by atoms with Crippen molar-refractivity contribution in [1.82, 2.24) is 9.97 Å². The fraction of sp³-hybridized carbons (Fsp3) is 0.0667. The lowest BCUT2D eigenvalue weighted by Crippen LogP contribution is -2.00. The number of fused-ring (bicyclic) bond motifs is 1. The van der Waals surface area contributed by atoms with Crippen LogP contribution in [0, 0.1) is 5.82 Å². The molecule has 0 fully saturated rings. The van der Waals surface area contributed by atoms with E-state index < -0.39 is 0 Å². The first-order valence-corrected chi connectivity index (χ1v) is 6.90. The summed E-state index contributed by atoms with van der Waals surface area (Å²) in [6, 6.07) is 10.8. The third kappa shape index (κ3) is 2.77. The average Bonchev–Trinajstić information content (AvgIpc) is 2.48. The van der Waals surface area contributed by atoms with Crippen molar-refractivity contribution in [3.05, 3.63) is 64.6 Å². The molecule has 5 heteroatoms. The Morgan fingerprint density at radius 2 is 1.80 bits per heavy atom. The van der Waals surface area contributed by atoms with Gasteiger partial charge in [0.05, 0.1) is 15.5 Å². The van der Waals surface area contributed by atoms with Gasteiger partial charge in [-0.2, -0.15) is 0 Å². The fourth-order valence-electron chi connectivity index (χ4n) is 1.93. The number of hydrogen-bond donors (Lipinski definition) is 1. The zero-order chi connectivity index (χ0) is 13.9. The monoisotopic (exact) mass is 331 g/mol. The van der Waals surface area contributed by atoms with Crippen molar-refractivity contribution in [2.24, 2.45) is 0 Å². The van der Waals surface area contributed by atoms with E-state index in [1.807, 2.05) is 18.2 Å². The first-order chi connectivity index (χ1) is 9.72. The van der Waals surface area contributed by atoms with Crippen LogP contribution >= 0.6 is 15.9 Å². The van der Waals surface area contributed by atoms with Crippen LogP contribution < -0.4 is 5.32 Å². The normalized spacial score (nSPS) is 10.7. The summed E-state index contributed by atoms with van der Waals surface area (Å²) in [5, 5.41) is 3.29. The van der Waals surface area contributed by atoms with E-state index in [1.165, 1.54) is 6.07 Å². The van der Waals surface area contributed by atoms with Crippen molar-refractivity contribution in [3.63, 3.8) is 0 Å².